The number of rotatable bonds is 7. The summed E-state index contributed by atoms with van der Waals surface area (Å²) in [6.07, 6.45) is 1.65. The molecule has 3 aliphatic heterocycles. The van der Waals surface area contributed by atoms with Gasteiger partial charge in [-0.1, -0.05) is 32.4 Å². The van der Waals surface area contributed by atoms with Crippen LogP contribution in [0.25, 0.3) is 0 Å². The molecule has 4 rings (SSSR count). The van der Waals surface area contributed by atoms with E-state index >= 15 is 0 Å². The van der Waals surface area contributed by atoms with Crippen LogP contribution in [0.1, 0.15) is 40.0 Å². The minimum Gasteiger partial charge on any atom is -0.394 e. The number of hydrogen-bond acceptors (Lipinski definition) is 5. The van der Waals surface area contributed by atoms with Gasteiger partial charge in [0.15, 0.2) is 0 Å². The zero-order chi connectivity index (χ0) is 24.1. The molecule has 8 nitrogen and oxygen atoms in total. The van der Waals surface area contributed by atoms with Crippen LogP contribution in [0.2, 0.25) is 5.02 Å². The first-order chi connectivity index (χ1) is 15.7. The Labute approximate surface area is 199 Å². The number of halogens is 1. The van der Waals surface area contributed by atoms with E-state index in [-0.39, 0.29) is 24.3 Å². The Hall–Kier alpha value is -2.16. The maximum atomic E-state index is 13.9. The van der Waals surface area contributed by atoms with E-state index in [0.717, 1.165) is 0 Å². The van der Waals surface area contributed by atoms with Crippen LogP contribution in [-0.4, -0.2) is 64.7 Å². The number of anilines is 1. The Morgan fingerprint density at radius 1 is 1.24 bits per heavy atom. The van der Waals surface area contributed by atoms with Gasteiger partial charge in [0.1, 0.15) is 11.6 Å². The number of amides is 3. The summed E-state index contributed by atoms with van der Waals surface area (Å²) in [5, 5.41) is 16.3. The lowest BCUT2D eigenvalue weighted by Gasteiger charge is -2.38. The van der Waals surface area contributed by atoms with E-state index in [1.807, 2.05) is 20.8 Å². The summed E-state index contributed by atoms with van der Waals surface area (Å²) in [5.41, 5.74) is -1.36. The second kappa shape index (κ2) is 8.56. The molecule has 0 radical (unpaired) electrons. The molecule has 3 aliphatic rings. The van der Waals surface area contributed by atoms with Crippen molar-refractivity contribution < 1.29 is 24.2 Å². The Bertz CT molecular complexity index is 954. The molecule has 9 heteroatoms. The average Bonchev–Trinajstić information content (AvgIpc) is 3.39. The van der Waals surface area contributed by atoms with Gasteiger partial charge in [0.25, 0.3) is 0 Å². The molecule has 33 heavy (non-hydrogen) atoms. The van der Waals surface area contributed by atoms with Crippen molar-refractivity contribution in [2.75, 3.05) is 19.0 Å². The zero-order valence-corrected chi connectivity index (χ0v) is 20.2. The second-order valence-electron chi connectivity index (χ2n) is 9.68. The number of carbonyl (C=O) groups is 3. The molecule has 2 unspecified atom stereocenters. The van der Waals surface area contributed by atoms with Crippen molar-refractivity contribution in [3.05, 3.63) is 29.3 Å². The molecule has 3 fully saturated rings. The predicted molar refractivity (Wildman–Crippen MR) is 124 cm³/mol. The minimum atomic E-state index is -1.12. The fourth-order valence-electron chi connectivity index (χ4n) is 6.23. The van der Waals surface area contributed by atoms with Gasteiger partial charge < -0.3 is 25.4 Å². The fourth-order valence-corrected chi connectivity index (χ4v) is 6.36. The zero-order valence-electron chi connectivity index (χ0n) is 19.4. The number of likely N-dealkylation sites (tertiary alicyclic amines) is 1. The highest BCUT2D eigenvalue weighted by atomic mass is 35.5. The quantitative estimate of drug-likeness (QED) is 0.558. The number of ether oxygens (including phenoxy) is 1. The van der Waals surface area contributed by atoms with E-state index in [2.05, 4.69) is 10.6 Å². The lowest BCUT2D eigenvalue weighted by molar-refractivity contribution is -0.150. The third-order valence-corrected chi connectivity index (χ3v) is 8.07. The molecule has 0 aromatic heterocycles. The van der Waals surface area contributed by atoms with Crippen LogP contribution in [-0.2, 0) is 19.1 Å². The monoisotopic (exact) mass is 477 g/mol. The van der Waals surface area contributed by atoms with E-state index in [0.29, 0.717) is 30.0 Å². The second-order valence-corrected chi connectivity index (χ2v) is 10.1. The summed E-state index contributed by atoms with van der Waals surface area (Å²) in [5.74, 6) is -2.51. The third kappa shape index (κ3) is 3.45. The van der Waals surface area contributed by atoms with Gasteiger partial charge in [0.2, 0.25) is 17.7 Å². The average molecular weight is 478 g/mol. The number of nitrogens with one attached hydrogen (secondary N) is 2. The van der Waals surface area contributed by atoms with Crippen molar-refractivity contribution in [2.45, 2.75) is 63.3 Å². The van der Waals surface area contributed by atoms with E-state index < -0.39 is 41.0 Å². The largest absolute Gasteiger partial charge is 0.394 e. The Morgan fingerprint density at radius 2 is 1.91 bits per heavy atom. The smallest absolute Gasteiger partial charge is 0.250 e. The van der Waals surface area contributed by atoms with Crippen LogP contribution in [0.4, 0.5) is 5.69 Å². The third-order valence-electron chi connectivity index (χ3n) is 7.82. The normalized spacial score (nSPS) is 33.4. The maximum Gasteiger partial charge on any atom is 0.250 e. The van der Waals surface area contributed by atoms with Crippen LogP contribution >= 0.6 is 11.6 Å². The molecule has 3 N–H and O–H groups in total. The summed E-state index contributed by atoms with van der Waals surface area (Å²) in [7, 11) is 1.55. The summed E-state index contributed by atoms with van der Waals surface area (Å²) in [6.45, 7) is 5.46. The van der Waals surface area contributed by atoms with Crippen molar-refractivity contribution in [3.63, 3.8) is 0 Å². The minimum absolute atomic E-state index is 0.101. The van der Waals surface area contributed by atoms with Gasteiger partial charge in [-0.3, -0.25) is 14.4 Å². The van der Waals surface area contributed by atoms with Crippen LogP contribution in [0, 0.1) is 17.8 Å². The summed E-state index contributed by atoms with van der Waals surface area (Å²) in [4.78, 5) is 42.2. The Kier molecular flexibility index (Phi) is 6.22. The number of aliphatic hydroxyl groups excluding tert-OH is 1. The molecule has 180 valence electrons. The number of benzene rings is 1. The van der Waals surface area contributed by atoms with E-state index in [1.54, 1.807) is 31.3 Å². The number of aliphatic hydroxyl groups is 1. The topological polar surface area (TPSA) is 108 Å². The van der Waals surface area contributed by atoms with Gasteiger partial charge in [-0.05, 0) is 49.4 Å². The predicted octanol–water partition coefficient (Wildman–Crippen LogP) is 2.20. The van der Waals surface area contributed by atoms with Crippen molar-refractivity contribution in [3.8, 4) is 0 Å². The highest BCUT2D eigenvalue weighted by molar-refractivity contribution is 6.30. The standard InChI is InChI=1S/C24H32ClN3O5/c1-5-23-10-11-24(33-23)18(17(23)20(30)26-4)22(32)28(16(12-29)13(2)3)19(24)21(31)27-15-8-6-14(25)7-9-15/h6-9,13,16-19,29H,5,10-12H2,1-4H3,(H,26,30)(H,27,31)/t16-,17+,18-,19?,23-,24?/m0/s1. The van der Waals surface area contributed by atoms with Crippen molar-refractivity contribution in [2.24, 2.45) is 17.8 Å². The first-order valence-electron chi connectivity index (χ1n) is 11.6. The molecule has 1 aromatic carbocycles. The van der Waals surface area contributed by atoms with Gasteiger partial charge in [0.05, 0.1) is 30.1 Å². The molecule has 1 spiro atoms. The molecule has 0 saturated carbocycles. The Balaban J connectivity index is 1.81. The molecule has 3 saturated heterocycles. The van der Waals surface area contributed by atoms with E-state index in [4.69, 9.17) is 16.3 Å². The first kappa shape index (κ1) is 24.0. The fraction of sp³-hybridized carbons (Fsp3) is 0.625. The first-order valence-corrected chi connectivity index (χ1v) is 11.9. The molecule has 3 heterocycles. The van der Waals surface area contributed by atoms with Gasteiger partial charge in [-0.15, -0.1) is 0 Å². The van der Waals surface area contributed by atoms with Crippen LogP contribution < -0.4 is 10.6 Å². The van der Waals surface area contributed by atoms with Crippen LogP contribution in [0.15, 0.2) is 24.3 Å². The van der Waals surface area contributed by atoms with Crippen molar-refractivity contribution in [1.29, 1.82) is 0 Å². The summed E-state index contributed by atoms with van der Waals surface area (Å²) < 4.78 is 6.63. The van der Waals surface area contributed by atoms with Gasteiger partial charge in [0, 0.05) is 17.8 Å². The maximum absolute atomic E-state index is 13.9. The van der Waals surface area contributed by atoms with E-state index in [1.165, 1.54) is 4.90 Å². The number of carbonyl (C=O) groups excluding carboxylic acids is 3. The van der Waals surface area contributed by atoms with Gasteiger partial charge in [-0.25, -0.2) is 0 Å². The summed E-state index contributed by atoms with van der Waals surface area (Å²) >= 11 is 5.98. The molecule has 2 bridgehead atoms. The van der Waals surface area contributed by atoms with Crippen LogP contribution in [0.5, 0.6) is 0 Å². The lowest BCUT2D eigenvalue weighted by Crippen LogP contribution is -2.57. The molecular formula is C24H32ClN3O5. The molecule has 1 aromatic rings. The highest BCUT2D eigenvalue weighted by Gasteiger charge is 2.79. The number of fused-ring (bicyclic) bond motifs is 1. The number of hydrogen-bond donors (Lipinski definition) is 3. The molecule has 0 aliphatic carbocycles. The molecule has 3 amide bonds. The van der Waals surface area contributed by atoms with Crippen LogP contribution in [0.3, 0.4) is 0 Å². The van der Waals surface area contributed by atoms with Crippen molar-refractivity contribution >= 4 is 35.0 Å². The summed E-state index contributed by atoms with van der Waals surface area (Å²) in [6, 6.07) is 5.18. The Morgan fingerprint density at radius 3 is 2.45 bits per heavy atom. The van der Waals surface area contributed by atoms with Gasteiger partial charge in [-0.2, -0.15) is 0 Å². The highest BCUT2D eigenvalue weighted by Crippen LogP contribution is 2.64. The lowest BCUT2D eigenvalue weighted by atomic mass is 9.65. The SMILES string of the molecule is CC[C@@]12CCC3(O1)C(C(=O)Nc1ccc(Cl)cc1)N([C@@H](CO)C(C)C)C(=O)[C@@H]3[C@@H]2C(=O)NC. The molecular weight excluding hydrogens is 446 g/mol. The number of nitrogens with zero attached hydrogens (tertiary/aromatic N) is 1. The molecule has 6 atom stereocenters. The van der Waals surface area contributed by atoms with Gasteiger partial charge >= 0.3 is 0 Å². The van der Waals surface area contributed by atoms with E-state index in [9.17, 15) is 19.5 Å². The van der Waals surface area contributed by atoms with Crippen molar-refractivity contribution in [1.82, 2.24) is 10.2 Å².